The Morgan fingerprint density at radius 2 is 1.84 bits per heavy atom. The minimum absolute atomic E-state index is 0.190. The van der Waals surface area contributed by atoms with E-state index in [0.717, 1.165) is 0 Å². The van der Waals surface area contributed by atoms with Crippen LogP contribution < -0.4 is 5.73 Å². The van der Waals surface area contributed by atoms with Crippen molar-refractivity contribution in [2.75, 3.05) is 13.2 Å². The summed E-state index contributed by atoms with van der Waals surface area (Å²) in [5.74, 6) is -2.45. The van der Waals surface area contributed by atoms with Gasteiger partial charge in [-0.3, -0.25) is 14.4 Å². The molecule has 0 saturated heterocycles. The maximum absolute atomic E-state index is 11.8. The first-order valence-corrected chi connectivity index (χ1v) is 6.10. The standard InChI is InChI=1S/C12H21NO6/c1-4-12(3,11(17)18-5-2)9(13)10(16)19-7-6-8(14)15/h9H,4-7,13H2,1-3H3,(H,14,15)/t9-,12-/m1/s1. The number of carboxylic acid groups (broad SMARTS) is 1. The van der Waals surface area contributed by atoms with Gasteiger partial charge in [0.05, 0.1) is 18.4 Å². The van der Waals surface area contributed by atoms with E-state index in [1.807, 2.05) is 0 Å². The molecule has 0 aliphatic heterocycles. The van der Waals surface area contributed by atoms with Crippen LogP contribution in [0.5, 0.6) is 0 Å². The molecule has 0 aromatic heterocycles. The molecule has 0 fully saturated rings. The number of carbonyl (C=O) groups is 3. The summed E-state index contributed by atoms with van der Waals surface area (Å²) in [6.45, 7) is 4.81. The summed E-state index contributed by atoms with van der Waals surface area (Å²) in [7, 11) is 0. The van der Waals surface area contributed by atoms with Crippen LogP contribution in [0.3, 0.4) is 0 Å². The zero-order chi connectivity index (χ0) is 15.1. The summed E-state index contributed by atoms with van der Waals surface area (Å²) in [6.07, 6.45) is 0.00172. The lowest BCUT2D eigenvalue weighted by Gasteiger charge is -2.30. The highest BCUT2D eigenvalue weighted by Crippen LogP contribution is 2.27. The van der Waals surface area contributed by atoms with Crippen LogP contribution in [-0.2, 0) is 23.9 Å². The first kappa shape index (κ1) is 17.4. The van der Waals surface area contributed by atoms with Crippen molar-refractivity contribution in [2.45, 2.75) is 39.7 Å². The average molecular weight is 275 g/mol. The van der Waals surface area contributed by atoms with Crippen molar-refractivity contribution in [3.05, 3.63) is 0 Å². The molecule has 3 N–H and O–H groups in total. The van der Waals surface area contributed by atoms with Crippen LogP contribution in [0.15, 0.2) is 0 Å². The molecule has 0 aromatic carbocycles. The summed E-state index contributed by atoms with van der Waals surface area (Å²) in [5, 5.41) is 8.43. The predicted molar refractivity (Wildman–Crippen MR) is 66.2 cm³/mol. The van der Waals surface area contributed by atoms with Crippen molar-refractivity contribution < 1.29 is 29.0 Å². The second-order valence-electron chi connectivity index (χ2n) is 4.28. The van der Waals surface area contributed by atoms with Crippen LogP contribution in [0.4, 0.5) is 0 Å². The normalized spacial score (nSPS) is 15.2. The van der Waals surface area contributed by atoms with E-state index in [1.165, 1.54) is 6.92 Å². The Morgan fingerprint density at radius 3 is 2.26 bits per heavy atom. The van der Waals surface area contributed by atoms with Crippen LogP contribution in [0.2, 0.25) is 0 Å². The van der Waals surface area contributed by atoms with E-state index < -0.39 is 29.4 Å². The Balaban J connectivity index is 4.64. The smallest absolute Gasteiger partial charge is 0.324 e. The number of ether oxygens (including phenoxy) is 2. The maximum Gasteiger partial charge on any atom is 0.324 e. The number of carbonyl (C=O) groups excluding carboxylic acids is 2. The zero-order valence-electron chi connectivity index (χ0n) is 11.5. The van der Waals surface area contributed by atoms with Gasteiger partial charge in [-0.15, -0.1) is 0 Å². The van der Waals surface area contributed by atoms with Crippen molar-refractivity contribution >= 4 is 17.9 Å². The van der Waals surface area contributed by atoms with Crippen molar-refractivity contribution in [1.82, 2.24) is 0 Å². The first-order valence-electron chi connectivity index (χ1n) is 6.10. The number of hydrogen-bond acceptors (Lipinski definition) is 6. The van der Waals surface area contributed by atoms with Gasteiger partial charge in [0.15, 0.2) is 0 Å². The molecule has 0 unspecified atom stereocenters. The van der Waals surface area contributed by atoms with Crippen molar-refractivity contribution in [3.63, 3.8) is 0 Å². The van der Waals surface area contributed by atoms with Gasteiger partial charge in [0.25, 0.3) is 0 Å². The molecule has 0 spiro atoms. The van der Waals surface area contributed by atoms with Gasteiger partial charge in [-0.25, -0.2) is 0 Å². The molecule has 7 nitrogen and oxygen atoms in total. The number of carboxylic acids is 1. The van der Waals surface area contributed by atoms with Crippen LogP contribution in [0.25, 0.3) is 0 Å². The molecule has 0 amide bonds. The van der Waals surface area contributed by atoms with Crippen molar-refractivity contribution in [2.24, 2.45) is 11.1 Å². The van der Waals surface area contributed by atoms with E-state index in [1.54, 1.807) is 13.8 Å². The quantitative estimate of drug-likeness (QED) is 0.612. The number of aliphatic carboxylic acids is 1. The van der Waals surface area contributed by atoms with Gasteiger partial charge in [-0.05, 0) is 20.3 Å². The Morgan fingerprint density at radius 1 is 1.26 bits per heavy atom. The number of nitrogens with two attached hydrogens (primary N) is 1. The Kier molecular flexibility index (Phi) is 7.06. The molecular formula is C12H21NO6. The highest BCUT2D eigenvalue weighted by Gasteiger charge is 2.44. The van der Waals surface area contributed by atoms with E-state index in [0.29, 0.717) is 6.42 Å². The van der Waals surface area contributed by atoms with Gasteiger partial charge in [-0.2, -0.15) is 0 Å². The lowest BCUT2D eigenvalue weighted by Crippen LogP contribution is -2.51. The first-order chi connectivity index (χ1) is 8.79. The molecular weight excluding hydrogens is 254 g/mol. The molecule has 0 aliphatic carbocycles. The summed E-state index contributed by atoms with van der Waals surface area (Å²) < 4.78 is 9.63. The minimum Gasteiger partial charge on any atom is -0.481 e. The molecule has 0 rings (SSSR count). The van der Waals surface area contributed by atoms with Gasteiger partial charge in [0.2, 0.25) is 0 Å². The van der Waals surface area contributed by atoms with Gasteiger partial charge in [0, 0.05) is 0 Å². The SMILES string of the molecule is CCOC(=O)[C@](C)(CC)[C@H](N)C(=O)OCCC(=O)O. The van der Waals surface area contributed by atoms with Crippen LogP contribution >= 0.6 is 0 Å². The van der Waals surface area contributed by atoms with Crippen LogP contribution in [0.1, 0.15) is 33.6 Å². The van der Waals surface area contributed by atoms with Gasteiger partial charge >= 0.3 is 17.9 Å². The van der Waals surface area contributed by atoms with E-state index in [4.69, 9.17) is 20.3 Å². The lowest BCUT2D eigenvalue weighted by molar-refractivity contribution is -0.164. The number of hydrogen-bond donors (Lipinski definition) is 2. The molecule has 19 heavy (non-hydrogen) atoms. The van der Waals surface area contributed by atoms with E-state index in [2.05, 4.69) is 0 Å². The lowest BCUT2D eigenvalue weighted by atomic mass is 9.80. The summed E-state index contributed by atoms with van der Waals surface area (Å²) in [4.78, 5) is 33.8. The molecule has 0 heterocycles. The van der Waals surface area contributed by atoms with Crippen molar-refractivity contribution in [1.29, 1.82) is 0 Å². The van der Waals surface area contributed by atoms with Gasteiger partial charge in [0.1, 0.15) is 12.6 Å². The summed E-state index contributed by atoms with van der Waals surface area (Å²) in [6, 6.07) is -1.19. The fraction of sp³-hybridized carbons (Fsp3) is 0.750. The fourth-order valence-electron chi connectivity index (χ4n) is 1.38. The summed E-state index contributed by atoms with van der Waals surface area (Å²) >= 11 is 0. The second-order valence-corrected chi connectivity index (χ2v) is 4.28. The highest BCUT2D eigenvalue weighted by atomic mass is 16.5. The number of esters is 2. The van der Waals surface area contributed by atoms with Gasteiger partial charge < -0.3 is 20.3 Å². The molecule has 0 aliphatic rings. The Hall–Kier alpha value is -1.63. The second kappa shape index (κ2) is 7.73. The van der Waals surface area contributed by atoms with Gasteiger partial charge in [-0.1, -0.05) is 6.92 Å². The fourth-order valence-corrected chi connectivity index (χ4v) is 1.38. The highest BCUT2D eigenvalue weighted by molar-refractivity contribution is 5.87. The largest absolute Gasteiger partial charge is 0.481 e. The molecule has 0 radical (unpaired) electrons. The van der Waals surface area contributed by atoms with Crippen LogP contribution in [-0.4, -0.2) is 42.3 Å². The third-order valence-electron chi connectivity index (χ3n) is 2.98. The monoisotopic (exact) mass is 275 g/mol. The van der Waals surface area contributed by atoms with Crippen LogP contribution in [0, 0.1) is 5.41 Å². The number of rotatable bonds is 8. The molecule has 110 valence electrons. The van der Waals surface area contributed by atoms with E-state index >= 15 is 0 Å². The predicted octanol–water partition coefficient (Wildman–Crippen LogP) is 0.311. The van der Waals surface area contributed by atoms with E-state index in [-0.39, 0.29) is 19.6 Å². The maximum atomic E-state index is 11.8. The Labute approximate surface area is 112 Å². The van der Waals surface area contributed by atoms with Crippen molar-refractivity contribution in [3.8, 4) is 0 Å². The molecule has 0 aromatic rings. The molecule has 7 heteroatoms. The molecule has 0 bridgehead atoms. The zero-order valence-corrected chi connectivity index (χ0v) is 11.5. The Bertz CT molecular complexity index is 343. The molecule has 0 saturated carbocycles. The summed E-state index contributed by atoms with van der Waals surface area (Å²) in [5.41, 5.74) is 4.55. The topological polar surface area (TPSA) is 116 Å². The van der Waals surface area contributed by atoms with E-state index in [9.17, 15) is 14.4 Å². The molecule has 2 atom stereocenters. The third kappa shape index (κ3) is 4.86. The minimum atomic E-state index is -1.19. The average Bonchev–Trinajstić information content (AvgIpc) is 2.36. The third-order valence-corrected chi connectivity index (χ3v) is 2.98.